The maximum absolute atomic E-state index is 4.94. The molecule has 0 aromatic carbocycles. The number of hydrogen-bond donors (Lipinski definition) is 0. The molecule has 0 aromatic rings. The number of ether oxygens (including phenoxy) is 4. The molecule has 0 amide bonds. The van der Waals surface area contributed by atoms with Crippen molar-refractivity contribution in [2.24, 2.45) is 0 Å². The van der Waals surface area contributed by atoms with Crippen molar-refractivity contribution >= 4 is 25.0 Å². The van der Waals surface area contributed by atoms with Crippen molar-refractivity contribution < 1.29 is 49.5 Å². The molecule has 0 aliphatic carbocycles. The fourth-order valence-electron chi connectivity index (χ4n) is 2.04. The van der Waals surface area contributed by atoms with Gasteiger partial charge in [0.05, 0.1) is 0 Å². The van der Waals surface area contributed by atoms with Crippen LogP contribution in [0.4, 0.5) is 0 Å². The fraction of sp³-hybridized carbons (Fsp3) is 1.00. The first-order valence-corrected chi connectivity index (χ1v) is 18.4. The molecule has 4 saturated heterocycles. The molecule has 7 heteroatoms. The summed E-state index contributed by atoms with van der Waals surface area (Å²) in [6.07, 6.45) is 10.2. The number of halogens is 2. The quantitative estimate of drug-likeness (QED) is 0.333. The average Bonchev–Trinajstić information content (AvgIpc) is 3.47. The van der Waals surface area contributed by atoms with Gasteiger partial charge in [-0.25, -0.2) is 0 Å². The second-order valence-corrected chi connectivity index (χ2v) is 18.0. The molecule has 4 fully saturated rings. The van der Waals surface area contributed by atoms with Crippen molar-refractivity contribution in [2.75, 3.05) is 52.9 Å². The normalized spacial score (nSPS) is 21.8. The number of rotatable bonds is 0. The second-order valence-electron chi connectivity index (χ2n) is 5.32. The third-order valence-electron chi connectivity index (χ3n) is 3.31. The predicted molar refractivity (Wildman–Crippen MR) is 108 cm³/mol. The van der Waals surface area contributed by atoms with Crippen LogP contribution < -0.4 is 0 Å². The fourth-order valence-corrected chi connectivity index (χ4v) is 2.04. The van der Waals surface area contributed by atoms with Gasteiger partial charge < -0.3 is 18.9 Å². The first-order chi connectivity index (χ1) is 11.4. The molecular formula is C16H32I2O4Yb. The second kappa shape index (κ2) is 24.8. The monoisotopic (exact) mass is 716 g/mol. The first-order valence-electron chi connectivity index (χ1n) is 8.51. The maximum atomic E-state index is 4.94. The molecule has 0 N–H and O–H groups in total. The Balaban J connectivity index is 0.000000266. The first kappa shape index (κ1) is 25.8. The Bertz CT molecular complexity index is 128. The van der Waals surface area contributed by atoms with Crippen LogP contribution in [-0.4, -0.2) is 52.9 Å². The number of hydrogen-bond acceptors (Lipinski definition) is 4. The van der Waals surface area contributed by atoms with Gasteiger partial charge in [0.15, 0.2) is 0 Å². The standard InChI is InChI=1S/4C4H8O.2HI.Yb/c4*1-2-4-5-3-1;;;/h4*1-4H2;2*1H;/q;;;;;;+2/p-2. The molecule has 0 spiro atoms. The van der Waals surface area contributed by atoms with Crippen LogP contribution in [0.2, 0.25) is 0 Å². The van der Waals surface area contributed by atoms with Crippen molar-refractivity contribution in [1.82, 2.24) is 0 Å². The molecule has 4 heterocycles. The van der Waals surface area contributed by atoms with Gasteiger partial charge in [-0.1, -0.05) is 0 Å². The van der Waals surface area contributed by atoms with Crippen molar-refractivity contribution in [3.8, 4) is 0 Å². The Morgan fingerprint density at radius 3 is 0.565 bits per heavy atom. The Labute approximate surface area is 175 Å². The van der Waals surface area contributed by atoms with E-state index in [-0.39, 0.29) is 0 Å². The minimum atomic E-state index is 0.857. The summed E-state index contributed by atoms with van der Waals surface area (Å²) in [6.45, 7) is 8.00. The van der Waals surface area contributed by atoms with Crippen LogP contribution >= 0.6 is 25.0 Å². The molecular weight excluding hydrogens is 683 g/mol. The summed E-state index contributed by atoms with van der Waals surface area (Å²) >= 11 is 5.52. The van der Waals surface area contributed by atoms with E-state index >= 15 is 0 Å². The molecule has 0 unspecified atom stereocenters. The molecule has 0 radical (unpaired) electrons. The van der Waals surface area contributed by atoms with Crippen LogP contribution in [0.3, 0.4) is 0 Å². The van der Waals surface area contributed by atoms with Crippen molar-refractivity contribution in [2.45, 2.75) is 51.4 Å². The SMILES string of the molecule is C1CCOC1.C1CCOC1.C1CCOC1.C1CCOC1.[I][Yb][I]. The van der Waals surface area contributed by atoms with Crippen LogP contribution in [0.1, 0.15) is 51.4 Å². The molecule has 0 aromatic heterocycles. The van der Waals surface area contributed by atoms with E-state index in [0.717, 1.165) is 83.4 Å². The van der Waals surface area contributed by atoms with E-state index in [1.807, 2.05) is 0 Å². The zero-order chi connectivity index (χ0) is 16.8. The summed E-state index contributed by atoms with van der Waals surface area (Å²) in [6, 6.07) is 0. The minimum absolute atomic E-state index is 0.857. The van der Waals surface area contributed by atoms with Crippen molar-refractivity contribution in [3.05, 3.63) is 0 Å². The van der Waals surface area contributed by atoms with E-state index in [2.05, 4.69) is 25.0 Å². The Kier molecular flexibility index (Phi) is 27.9. The summed E-state index contributed by atoms with van der Waals surface area (Å²) in [5.74, 6) is 0. The van der Waals surface area contributed by atoms with Gasteiger partial charge in [-0.2, -0.15) is 0 Å². The van der Waals surface area contributed by atoms with E-state index < -0.39 is 0 Å². The molecule has 4 aliphatic rings. The predicted octanol–water partition coefficient (Wildman–Crippen LogP) is 4.96. The zero-order valence-corrected chi connectivity index (χ0v) is 20.0. The summed E-state index contributed by atoms with van der Waals surface area (Å²) in [5, 5.41) is 0. The molecule has 4 rings (SSSR count). The van der Waals surface area contributed by atoms with Crippen LogP contribution in [0.15, 0.2) is 0 Å². The van der Waals surface area contributed by atoms with Gasteiger partial charge in [-0.15, -0.1) is 0 Å². The van der Waals surface area contributed by atoms with Gasteiger partial charge in [0.2, 0.25) is 0 Å². The van der Waals surface area contributed by atoms with E-state index in [4.69, 9.17) is 18.9 Å². The van der Waals surface area contributed by atoms with Gasteiger partial charge in [0.1, 0.15) is 0 Å². The van der Waals surface area contributed by atoms with Crippen molar-refractivity contribution in [1.29, 1.82) is 0 Å². The summed E-state index contributed by atoms with van der Waals surface area (Å²) < 4.78 is 19.8. The van der Waals surface area contributed by atoms with Gasteiger partial charge in [0, 0.05) is 52.9 Å². The van der Waals surface area contributed by atoms with E-state index in [1.165, 1.54) is 51.4 Å². The van der Waals surface area contributed by atoms with E-state index in [0.29, 0.717) is 0 Å². The average molecular weight is 715 g/mol. The van der Waals surface area contributed by atoms with Gasteiger partial charge in [-0.05, 0) is 51.4 Å². The molecule has 0 saturated carbocycles. The summed E-state index contributed by atoms with van der Waals surface area (Å²) in [4.78, 5) is 0. The third-order valence-corrected chi connectivity index (χ3v) is 3.31. The molecule has 0 atom stereocenters. The summed E-state index contributed by atoms with van der Waals surface area (Å²) in [7, 11) is 0. The molecule has 4 aliphatic heterocycles. The Morgan fingerprint density at radius 2 is 0.522 bits per heavy atom. The molecule has 0 bridgehead atoms. The molecule has 148 valence electrons. The van der Waals surface area contributed by atoms with Gasteiger partial charge in [-0.3, -0.25) is 0 Å². The Morgan fingerprint density at radius 1 is 0.391 bits per heavy atom. The zero-order valence-electron chi connectivity index (χ0n) is 14.0. The van der Waals surface area contributed by atoms with E-state index in [9.17, 15) is 0 Å². The van der Waals surface area contributed by atoms with Crippen molar-refractivity contribution in [3.63, 3.8) is 0 Å². The topological polar surface area (TPSA) is 36.9 Å². The molecule has 23 heavy (non-hydrogen) atoms. The summed E-state index contributed by atoms with van der Waals surface area (Å²) in [5.41, 5.74) is 0. The van der Waals surface area contributed by atoms with Gasteiger partial charge in [0.25, 0.3) is 0 Å². The van der Waals surface area contributed by atoms with Crippen LogP contribution in [0.25, 0.3) is 0 Å². The third kappa shape index (κ3) is 24.8. The Hall–Kier alpha value is 2.82. The molecule has 4 nitrogen and oxygen atoms in total. The van der Waals surface area contributed by atoms with Gasteiger partial charge >= 0.3 is 55.5 Å². The van der Waals surface area contributed by atoms with E-state index in [1.54, 1.807) is 0 Å². The van der Waals surface area contributed by atoms with Crippen LogP contribution in [0.5, 0.6) is 0 Å². The van der Waals surface area contributed by atoms with Crippen LogP contribution in [0, 0.1) is 30.5 Å². The van der Waals surface area contributed by atoms with Crippen LogP contribution in [-0.2, 0) is 18.9 Å².